The summed E-state index contributed by atoms with van der Waals surface area (Å²) in [6.07, 6.45) is 9.49. The van der Waals surface area contributed by atoms with E-state index in [1.165, 1.54) is 30.1 Å². The van der Waals surface area contributed by atoms with Crippen molar-refractivity contribution in [2.45, 2.75) is 76.9 Å². The standard InChI is InChI=1S/C32H42N6O4/c1-2-25(21-39)36-32(42)28(18-15-22-9-5-3-6-10-22)37-30(40)24-16-13-23(14-17-24)19-34-31(41)27-20-35-38(29(27)33)26-11-7-4-8-12-26/h4,7-8,11-14,16-17,20,22,25,28,39H,2-3,5-6,9-10,15,18-19,21,33H2,1H3,(H,34,41)(H,36,42)(H,37,40)/t25?,28-/m0/s1. The molecule has 2 aromatic carbocycles. The van der Waals surface area contributed by atoms with Gasteiger partial charge in [-0.3, -0.25) is 14.4 Å². The van der Waals surface area contributed by atoms with E-state index in [1.54, 1.807) is 24.3 Å². The maximum absolute atomic E-state index is 13.1. The molecule has 4 rings (SSSR count). The molecule has 1 heterocycles. The number of nitrogen functional groups attached to an aromatic ring is 1. The second-order valence-electron chi connectivity index (χ2n) is 11.0. The normalized spacial score (nSPS) is 15.0. The maximum atomic E-state index is 13.1. The molecule has 1 aliphatic carbocycles. The average Bonchev–Trinajstić information content (AvgIpc) is 3.42. The summed E-state index contributed by atoms with van der Waals surface area (Å²) in [7, 11) is 0. The predicted octanol–water partition coefficient (Wildman–Crippen LogP) is 3.73. The van der Waals surface area contributed by atoms with Gasteiger partial charge in [-0.15, -0.1) is 0 Å². The van der Waals surface area contributed by atoms with Gasteiger partial charge in [0.2, 0.25) is 5.91 Å². The van der Waals surface area contributed by atoms with Gasteiger partial charge in [-0.1, -0.05) is 69.4 Å². The first-order chi connectivity index (χ1) is 20.4. The molecule has 1 fully saturated rings. The van der Waals surface area contributed by atoms with Gasteiger partial charge in [-0.05, 0) is 55.0 Å². The fourth-order valence-corrected chi connectivity index (χ4v) is 5.33. The van der Waals surface area contributed by atoms with Crippen LogP contribution >= 0.6 is 0 Å². The number of nitrogens with one attached hydrogen (secondary N) is 3. The molecule has 42 heavy (non-hydrogen) atoms. The minimum Gasteiger partial charge on any atom is -0.394 e. The van der Waals surface area contributed by atoms with Crippen molar-refractivity contribution in [3.63, 3.8) is 0 Å². The van der Waals surface area contributed by atoms with E-state index in [9.17, 15) is 19.5 Å². The second-order valence-corrected chi connectivity index (χ2v) is 11.0. The number of rotatable bonds is 13. The molecular formula is C32H42N6O4. The molecule has 1 aromatic heterocycles. The molecule has 2 atom stereocenters. The first-order valence-electron chi connectivity index (χ1n) is 14.9. The third-order valence-electron chi connectivity index (χ3n) is 7.99. The van der Waals surface area contributed by atoms with Crippen LogP contribution in [0, 0.1) is 5.92 Å². The summed E-state index contributed by atoms with van der Waals surface area (Å²) < 4.78 is 1.51. The molecule has 1 unspecified atom stereocenters. The van der Waals surface area contributed by atoms with Crippen LogP contribution in [0.3, 0.4) is 0 Å². The van der Waals surface area contributed by atoms with Crippen LogP contribution in [0.1, 0.15) is 84.6 Å². The highest BCUT2D eigenvalue weighted by molar-refractivity contribution is 5.99. The molecule has 0 spiro atoms. The number of carbonyl (C=O) groups is 3. The summed E-state index contributed by atoms with van der Waals surface area (Å²) in [5.74, 6) is -0.140. The Bertz CT molecular complexity index is 1310. The number of nitrogens with zero attached hydrogens (tertiary/aromatic N) is 2. The van der Waals surface area contributed by atoms with Gasteiger partial charge < -0.3 is 26.8 Å². The first kappa shape index (κ1) is 30.8. The van der Waals surface area contributed by atoms with Crippen LogP contribution in [0.5, 0.6) is 0 Å². The predicted molar refractivity (Wildman–Crippen MR) is 162 cm³/mol. The van der Waals surface area contributed by atoms with Crippen molar-refractivity contribution in [2.75, 3.05) is 12.3 Å². The largest absolute Gasteiger partial charge is 0.394 e. The molecule has 1 saturated carbocycles. The number of benzene rings is 2. The minimum absolute atomic E-state index is 0.147. The number of nitrogens with two attached hydrogens (primary N) is 1. The Morgan fingerprint density at radius 3 is 2.38 bits per heavy atom. The Balaban J connectivity index is 1.34. The van der Waals surface area contributed by atoms with Gasteiger partial charge in [0.05, 0.1) is 24.5 Å². The number of para-hydroxylation sites is 1. The Labute approximate surface area is 247 Å². The number of anilines is 1. The van der Waals surface area contributed by atoms with Crippen molar-refractivity contribution in [1.82, 2.24) is 25.7 Å². The lowest BCUT2D eigenvalue weighted by Gasteiger charge is -2.25. The van der Waals surface area contributed by atoms with E-state index in [0.29, 0.717) is 24.3 Å². The number of amides is 3. The zero-order valence-corrected chi connectivity index (χ0v) is 24.2. The van der Waals surface area contributed by atoms with Crippen LogP contribution < -0.4 is 21.7 Å². The molecular weight excluding hydrogens is 532 g/mol. The van der Waals surface area contributed by atoms with Crippen LogP contribution in [-0.2, 0) is 11.3 Å². The first-order valence-corrected chi connectivity index (χ1v) is 14.9. The zero-order valence-electron chi connectivity index (χ0n) is 24.2. The average molecular weight is 575 g/mol. The van der Waals surface area contributed by atoms with E-state index in [-0.39, 0.29) is 48.3 Å². The van der Waals surface area contributed by atoms with Crippen LogP contribution in [-0.4, -0.2) is 51.3 Å². The fourth-order valence-electron chi connectivity index (χ4n) is 5.33. The minimum atomic E-state index is -0.679. The number of hydrogen-bond donors (Lipinski definition) is 5. The van der Waals surface area contributed by atoms with Crippen molar-refractivity contribution >= 4 is 23.5 Å². The lowest BCUT2D eigenvalue weighted by Crippen LogP contribution is -2.50. The molecule has 3 aromatic rings. The van der Waals surface area contributed by atoms with Crippen molar-refractivity contribution in [3.05, 3.63) is 77.5 Å². The third kappa shape index (κ3) is 8.19. The van der Waals surface area contributed by atoms with E-state index >= 15 is 0 Å². The summed E-state index contributed by atoms with van der Waals surface area (Å²) in [6, 6.07) is 15.2. The molecule has 0 bridgehead atoms. The summed E-state index contributed by atoms with van der Waals surface area (Å²) in [5.41, 5.74) is 8.44. The van der Waals surface area contributed by atoms with Gasteiger partial charge >= 0.3 is 0 Å². The fraction of sp³-hybridized carbons (Fsp3) is 0.438. The lowest BCUT2D eigenvalue weighted by atomic mass is 9.85. The molecule has 0 radical (unpaired) electrons. The van der Waals surface area contributed by atoms with E-state index in [4.69, 9.17) is 5.73 Å². The molecule has 3 amide bonds. The van der Waals surface area contributed by atoms with Gasteiger partial charge in [-0.2, -0.15) is 5.10 Å². The van der Waals surface area contributed by atoms with Crippen molar-refractivity contribution < 1.29 is 19.5 Å². The van der Waals surface area contributed by atoms with E-state index in [0.717, 1.165) is 30.5 Å². The van der Waals surface area contributed by atoms with Gasteiger partial charge in [0.25, 0.3) is 11.8 Å². The number of aromatic nitrogens is 2. The smallest absolute Gasteiger partial charge is 0.256 e. The molecule has 10 heteroatoms. The van der Waals surface area contributed by atoms with Crippen molar-refractivity contribution in [1.29, 1.82) is 0 Å². The monoisotopic (exact) mass is 574 g/mol. The molecule has 1 aliphatic rings. The van der Waals surface area contributed by atoms with Crippen molar-refractivity contribution in [2.24, 2.45) is 5.92 Å². The topological polar surface area (TPSA) is 151 Å². The van der Waals surface area contributed by atoms with E-state index in [1.807, 2.05) is 37.3 Å². The van der Waals surface area contributed by atoms with E-state index in [2.05, 4.69) is 21.0 Å². The van der Waals surface area contributed by atoms with Gasteiger partial charge in [0.15, 0.2) is 0 Å². The Morgan fingerprint density at radius 1 is 1.00 bits per heavy atom. The summed E-state index contributed by atoms with van der Waals surface area (Å²) in [4.78, 5) is 38.9. The Morgan fingerprint density at radius 2 is 1.71 bits per heavy atom. The van der Waals surface area contributed by atoms with Gasteiger partial charge in [-0.25, -0.2) is 4.68 Å². The van der Waals surface area contributed by atoms with Gasteiger partial charge in [0.1, 0.15) is 17.4 Å². The Kier molecular flexibility index (Phi) is 11.1. The zero-order chi connectivity index (χ0) is 29.9. The number of aliphatic hydroxyl groups excluding tert-OH is 1. The third-order valence-corrected chi connectivity index (χ3v) is 7.99. The highest BCUT2D eigenvalue weighted by Crippen LogP contribution is 2.28. The van der Waals surface area contributed by atoms with Gasteiger partial charge in [0, 0.05) is 12.1 Å². The molecule has 224 valence electrons. The summed E-state index contributed by atoms with van der Waals surface area (Å²) in [5, 5.41) is 22.4. The highest BCUT2D eigenvalue weighted by Gasteiger charge is 2.25. The molecule has 0 saturated heterocycles. The second kappa shape index (κ2) is 15.2. The molecule has 0 aliphatic heterocycles. The van der Waals surface area contributed by atoms with Crippen molar-refractivity contribution in [3.8, 4) is 5.69 Å². The highest BCUT2D eigenvalue weighted by atomic mass is 16.3. The van der Waals surface area contributed by atoms with E-state index < -0.39 is 6.04 Å². The quantitative estimate of drug-likeness (QED) is 0.210. The number of aliphatic hydroxyl groups is 1. The van der Waals surface area contributed by atoms with Crippen LogP contribution in [0.25, 0.3) is 5.69 Å². The molecule has 10 nitrogen and oxygen atoms in total. The SMILES string of the molecule is CCC(CO)NC(=O)[C@H](CCC1CCCCC1)NC(=O)c1ccc(CNC(=O)c2cnn(-c3ccccc3)c2N)cc1. The van der Waals surface area contributed by atoms with Crippen LogP contribution in [0.2, 0.25) is 0 Å². The summed E-state index contributed by atoms with van der Waals surface area (Å²) in [6.45, 7) is 1.99. The lowest BCUT2D eigenvalue weighted by molar-refractivity contribution is -0.124. The Hall–Kier alpha value is -4.18. The van der Waals surface area contributed by atoms with Crippen LogP contribution in [0.15, 0.2) is 60.8 Å². The maximum Gasteiger partial charge on any atom is 0.256 e. The van der Waals surface area contributed by atoms with Crippen LogP contribution in [0.4, 0.5) is 5.82 Å². The number of carbonyl (C=O) groups excluding carboxylic acids is 3. The number of hydrogen-bond acceptors (Lipinski definition) is 6. The molecule has 6 N–H and O–H groups in total. The summed E-state index contributed by atoms with van der Waals surface area (Å²) >= 11 is 0.